The molecular weight excluding hydrogens is 323 g/mol. The van der Waals surface area contributed by atoms with Crippen LogP contribution in [-0.2, 0) is 0 Å². The molecule has 3 aromatic rings. The molecule has 0 amide bonds. The van der Waals surface area contributed by atoms with E-state index in [4.69, 9.17) is 23.2 Å². The number of nitrogens with one attached hydrogen (secondary N) is 1. The summed E-state index contributed by atoms with van der Waals surface area (Å²) in [7, 11) is 0. The van der Waals surface area contributed by atoms with Gasteiger partial charge in [0.1, 0.15) is 5.75 Å². The summed E-state index contributed by atoms with van der Waals surface area (Å²) < 4.78 is 0. The minimum absolute atomic E-state index is 0.169. The molecule has 0 bridgehead atoms. The number of aromatic nitrogens is 2. The Kier molecular flexibility index (Phi) is 3.88. The third-order valence-corrected chi connectivity index (χ3v) is 3.60. The fraction of sp³-hybridized carbons (Fsp3) is 0. The number of fused-ring (bicyclic) bond motifs is 1. The van der Waals surface area contributed by atoms with Crippen molar-refractivity contribution in [1.29, 1.82) is 0 Å². The number of nitrogens with zero attached hydrogens (tertiary/aromatic N) is 1. The molecule has 0 aliphatic rings. The van der Waals surface area contributed by atoms with Crippen molar-refractivity contribution in [3.05, 3.63) is 69.2 Å². The minimum atomic E-state index is -0.306. The summed E-state index contributed by atoms with van der Waals surface area (Å²) in [5.74, 6) is 0.442. The van der Waals surface area contributed by atoms with Crippen molar-refractivity contribution < 1.29 is 5.11 Å². The second-order valence-corrected chi connectivity index (χ2v) is 5.50. The van der Waals surface area contributed by atoms with Crippen LogP contribution in [0.2, 0.25) is 5.02 Å². The van der Waals surface area contributed by atoms with Gasteiger partial charge in [0.05, 0.1) is 15.9 Å². The smallest absolute Gasteiger partial charge is 0.259 e. The molecule has 0 spiro atoms. The number of hydrogen-bond donors (Lipinski definition) is 2. The van der Waals surface area contributed by atoms with Gasteiger partial charge in [-0.15, -0.1) is 0 Å². The maximum absolute atomic E-state index is 12.1. The highest BCUT2D eigenvalue weighted by Gasteiger charge is 2.07. The van der Waals surface area contributed by atoms with Crippen molar-refractivity contribution in [3.8, 4) is 5.75 Å². The van der Waals surface area contributed by atoms with Crippen LogP contribution in [-0.4, -0.2) is 15.1 Å². The fourth-order valence-electron chi connectivity index (χ4n) is 2.01. The number of benzene rings is 2. The minimum Gasteiger partial charge on any atom is -0.508 e. The molecule has 2 aromatic carbocycles. The fourth-order valence-corrected chi connectivity index (χ4v) is 2.40. The average Bonchev–Trinajstić information content (AvgIpc) is 2.50. The Hall–Kier alpha value is -2.30. The van der Waals surface area contributed by atoms with Gasteiger partial charge in [-0.05, 0) is 42.0 Å². The van der Waals surface area contributed by atoms with Crippen LogP contribution in [0.15, 0.2) is 47.3 Å². The predicted octanol–water partition coefficient (Wildman–Crippen LogP) is 4.02. The van der Waals surface area contributed by atoms with Crippen molar-refractivity contribution in [3.63, 3.8) is 0 Å². The monoisotopic (exact) mass is 332 g/mol. The molecule has 3 rings (SSSR count). The largest absolute Gasteiger partial charge is 0.508 e. The molecule has 0 saturated carbocycles. The Bertz CT molecular complexity index is 931. The Morgan fingerprint density at radius 2 is 1.91 bits per heavy atom. The first-order chi connectivity index (χ1) is 10.5. The van der Waals surface area contributed by atoms with Gasteiger partial charge in [0, 0.05) is 5.02 Å². The van der Waals surface area contributed by atoms with Crippen LogP contribution in [0.4, 0.5) is 0 Å². The van der Waals surface area contributed by atoms with E-state index < -0.39 is 0 Å². The van der Waals surface area contributed by atoms with E-state index in [2.05, 4.69) is 9.97 Å². The quantitative estimate of drug-likeness (QED) is 0.744. The van der Waals surface area contributed by atoms with E-state index in [0.717, 1.165) is 5.56 Å². The van der Waals surface area contributed by atoms with Crippen LogP contribution in [0.3, 0.4) is 0 Å². The Morgan fingerprint density at radius 3 is 2.64 bits per heavy atom. The lowest BCUT2D eigenvalue weighted by Crippen LogP contribution is -2.10. The summed E-state index contributed by atoms with van der Waals surface area (Å²) in [5, 5.41) is 10.4. The van der Waals surface area contributed by atoms with Gasteiger partial charge in [0.25, 0.3) is 5.56 Å². The number of halogens is 2. The third-order valence-electron chi connectivity index (χ3n) is 3.08. The van der Waals surface area contributed by atoms with Crippen LogP contribution in [0.1, 0.15) is 11.4 Å². The van der Waals surface area contributed by atoms with Gasteiger partial charge in [-0.25, -0.2) is 4.98 Å². The summed E-state index contributed by atoms with van der Waals surface area (Å²) in [6.45, 7) is 0. The topological polar surface area (TPSA) is 66.0 Å². The molecule has 2 N–H and O–H groups in total. The summed E-state index contributed by atoms with van der Waals surface area (Å²) in [6, 6.07) is 11.4. The van der Waals surface area contributed by atoms with Crippen molar-refractivity contribution in [2.45, 2.75) is 0 Å². The van der Waals surface area contributed by atoms with Gasteiger partial charge in [0.2, 0.25) is 0 Å². The van der Waals surface area contributed by atoms with Crippen molar-refractivity contribution in [1.82, 2.24) is 9.97 Å². The van der Waals surface area contributed by atoms with Crippen LogP contribution >= 0.6 is 23.2 Å². The van der Waals surface area contributed by atoms with E-state index in [1.165, 1.54) is 0 Å². The summed E-state index contributed by atoms with van der Waals surface area (Å²) in [5.41, 5.74) is 0.988. The van der Waals surface area contributed by atoms with Gasteiger partial charge in [-0.1, -0.05) is 35.3 Å². The zero-order chi connectivity index (χ0) is 15.7. The Labute approximate surface area is 135 Å². The molecule has 1 heterocycles. The second-order valence-electron chi connectivity index (χ2n) is 4.66. The zero-order valence-electron chi connectivity index (χ0n) is 11.2. The summed E-state index contributed by atoms with van der Waals surface area (Å²) in [6.07, 6.45) is 1.65. The SMILES string of the molecule is O=c1[nH]c(/C(Cl)=C\c2ccc(O)cc2)nc2ccc(Cl)cc12. The molecule has 1 aromatic heterocycles. The number of phenolic OH excluding ortho intramolecular Hbond substituents is 1. The van der Waals surface area contributed by atoms with Gasteiger partial charge in [0.15, 0.2) is 5.82 Å². The van der Waals surface area contributed by atoms with Crippen LogP contribution in [0.5, 0.6) is 5.75 Å². The highest BCUT2D eigenvalue weighted by molar-refractivity contribution is 6.50. The highest BCUT2D eigenvalue weighted by atomic mass is 35.5. The van der Waals surface area contributed by atoms with Gasteiger partial charge >= 0.3 is 0 Å². The van der Waals surface area contributed by atoms with Gasteiger partial charge in [-0.3, -0.25) is 4.79 Å². The molecule has 4 nitrogen and oxygen atoms in total. The van der Waals surface area contributed by atoms with E-state index >= 15 is 0 Å². The molecule has 6 heteroatoms. The number of H-pyrrole nitrogens is 1. The normalized spacial score (nSPS) is 11.8. The number of aromatic amines is 1. The van der Waals surface area contributed by atoms with E-state index in [1.807, 2.05) is 0 Å². The first-order valence-corrected chi connectivity index (χ1v) is 7.15. The Balaban J connectivity index is 2.07. The van der Waals surface area contributed by atoms with E-state index in [9.17, 15) is 9.90 Å². The highest BCUT2D eigenvalue weighted by Crippen LogP contribution is 2.22. The molecule has 0 atom stereocenters. The number of rotatable bonds is 2. The lowest BCUT2D eigenvalue weighted by molar-refractivity contribution is 0.475. The average molecular weight is 333 g/mol. The second kappa shape index (κ2) is 5.83. The predicted molar refractivity (Wildman–Crippen MR) is 89.2 cm³/mol. The number of phenols is 1. The molecule has 0 aliphatic carbocycles. The molecule has 0 unspecified atom stereocenters. The number of aromatic hydroxyl groups is 1. The summed E-state index contributed by atoms with van der Waals surface area (Å²) in [4.78, 5) is 19.0. The summed E-state index contributed by atoms with van der Waals surface area (Å²) >= 11 is 12.1. The molecule has 0 fully saturated rings. The van der Waals surface area contributed by atoms with Crippen molar-refractivity contribution >= 4 is 45.2 Å². The standard InChI is InChI=1S/C16H10Cl2N2O2/c17-10-3-6-14-12(8-10)16(22)20-15(19-14)13(18)7-9-1-4-11(21)5-2-9/h1-8,21H,(H,19,20,22)/b13-7+. The molecule has 0 saturated heterocycles. The van der Waals surface area contributed by atoms with Crippen LogP contribution < -0.4 is 5.56 Å². The maximum Gasteiger partial charge on any atom is 0.259 e. The zero-order valence-corrected chi connectivity index (χ0v) is 12.7. The van der Waals surface area contributed by atoms with E-state index in [-0.39, 0.29) is 17.1 Å². The number of hydrogen-bond acceptors (Lipinski definition) is 3. The van der Waals surface area contributed by atoms with E-state index in [1.54, 1.807) is 48.5 Å². The van der Waals surface area contributed by atoms with Crippen LogP contribution in [0, 0.1) is 0 Å². The Morgan fingerprint density at radius 1 is 1.18 bits per heavy atom. The molecule has 0 radical (unpaired) electrons. The lowest BCUT2D eigenvalue weighted by Gasteiger charge is -2.03. The molecule has 22 heavy (non-hydrogen) atoms. The van der Waals surface area contributed by atoms with Crippen molar-refractivity contribution in [2.75, 3.05) is 0 Å². The van der Waals surface area contributed by atoms with Gasteiger partial charge < -0.3 is 10.1 Å². The van der Waals surface area contributed by atoms with Crippen LogP contribution in [0.25, 0.3) is 22.0 Å². The van der Waals surface area contributed by atoms with Gasteiger partial charge in [-0.2, -0.15) is 0 Å². The molecular formula is C16H10Cl2N2O2. The molecule has 0 aliphatic heterocycles. The third kappa shape index (κ3) is 2.98. The maximum atomic E-state index is 12.1. The lowest BCUT2D eigenvalue weighted by atomic mass is 10.2. The van der Waals surface area contributed by atoms with E-state index in [0.29, 0.717) is 21.0 Å². The first kappa shape index (κ1) is 14.6. The first-order valence-electron chi connectivity index (χ1n) is 6.39. The molecule has 110 valence electrons. The van der Waals surface area contributed by atoms with Crippen molar-refractivity contribution in [2.24, 2.45) is 0 Å².